The minimum absolute atomic E-state index is 0.0101. The van der Waals surface area contributed by atoms with E-state index in [9.17, 15) is 9.90 Å². The Balaban J connectivity index is 1.25. The third kappa shape index (κ3) is 6.25. The highest BCUT2D eigenvalue weighted by molar-refractivity contribution is 5.69. The molecule has 0 aromatic rings. The molecule has 1 N–H and O–H groups in total. The zero-order chi connectivity index (χ0) is 31.3. The van der Waals surface area contributed by atoms with Crippen molar-refractivity contribution in [3.05, 3.63) is 0 Å². The number of hydrogen-bond acceptors (Lipinski definition) is 4. The second-order valence-corrected chi connectivity index (χ2v) is 18.1. The van der Waals surface area contributed by atoms with Gasteiger partial charge in [0.25, 0.3) is 0 Å². The van der Waals surface area contributed by atoms with Crippen LogP contribution < -0.4 is 0 Å². The van der Waals surface area contributed by atoms with Crippen molar-refractivity contribution in [2.45, 2.75) is 194 Å². The molecule has 5 aliphatic rings. The number of unbranched alkanes of at least 4 members (excludes halogenated alkanes) is 6. The number of esters is 1. The van der Waals surface area contributed by atoms with E-state index in [1.165, 1.54) is 64.2 Å². The van der Waals surface area contributed by atoms with Crippen LogP contribution in [0.15, 0.2) is 0 Å². The third-order valence-corrected chi connectivity index (χ3v) is 14.5. The molecule has 2 unspecified atom stereocenters. The van der Waals surface area contributed by atoms with Crippen molar-refractivity contribution in [2.24, 2.45) is 45.8 Å². The highest BCUT2D eigenvalue weighted by Crippen LogP contribution is 2.72. The van der Waals surface area contributed by atoms with E-state index in [0.29, 0.717) is 36.0 Å². The van der Waals surface area contributed by atoms with E-state index in [1.807, 2.05) is 0 Å². The monoisotopic (exact) mass is 601 g/mol. The SMILES string of the molecule is CCCCCCCCCC(=O)O[C@H]1CC[C@@]2(C)C(CC[C@@]3(C)C4CC[C@H]([C@@]5(C)CCCC(C)(C)O5)[C@H]4[C@H](O)C[C@@H]32)C1(C)C. The van der Waals surface area contributed by atoms with Crippen LogP contribution in [0, 0.1) is 45.8 Å². The lowest BCUT2D eigenvalue weighted by atomic mass is 9.38. The summed E-state index contributed by atoms with van der Waals surface area (Å²) in [6, 6.07) is 0. The molecule has 0 spiro atoms. The van der Waals surface area contributed by atoms with Gasteiger partial charge in [-0.3, -0.25) is 4.79 Å². The summed E-state index contributed by atoms with van der Waals surface area (Å²) in [5.74, 6) is 2.45. The van der Waals surface area contributed by atoms with Crippen LogP contribution in [0.5, 0.6) is 0 Å². The number of rotatable bonds is 10. The molecular formula is C39H68O4. The van der Waals surface area contributed by atoms with Crippen LogP contribution in [-0.4, -0.2) is 34.5 Å². The summed E-state index contributed by atoms with van der Waals surface area (Å²) in [5.41, 5.74) is 0.214. The average molecular weight is 601 g/mol. The van der Waals surface area contributed by atoms with Gasteiger partial charge in [-0.25, -0.2) is 0 Å². The van der Waals surface area contributed by atoms with Gasteiger partial charge in [-0.05, 0) is 132 Å². The van der Waals surface area contributed by atoms with Crippen molar-refractivity contribution < 1.29 is 19.4 Å². The van der Waals surface area contributed by atoms with E-state index in [-0.39, 0.29) is 45.6 Å². The standard InChI is InChI=1S/C39H68O4/c1-9-10-11-12-13-14-15-17-33(41)42-32-21-25-38(7)30(36(32,4)5)20-24-37(6)27-18-19-28(34(27)29(40)26-31(37)38)39(8)23-16-22-35(2,3)43-39/h27-32,34,40H,9-26H2,1-8H3/t27?,28-,29+,30?,31-,32-,34-,37-,38-,39+/m0/s1. The average Bonchev–Trinajstić information content (AvgIpc) is 3.39. The molecule has 43 heavy (non-hydrogen) atoms. The highest BCUT2D eigenvalue weighted by Gasteiger charge is 2.68. The predicted molar refractivity (Wildman–Crippen MR) is 176 cm³/mol. The van der Waals surface area contributed by atoms with Crippen LogP contribution in [0.1, 0.15) is 171 Å². The Kier molecular flexibility index (Phi) is 9.84. The number of aliphatic hydroxyl groups is 1. The first-order chi connectivity index (χ1) is 20.2. The molecule has 1 saturated heterocycles. The Morgan fingerprint density at radius 1 is 0.767 bits per heavy atom. The Bertz CT molecular complexity index is 972. The van der Waals surface area contributed by atoms with E-state index in [0.717, 1.165) is 44.9 Å². The Hall–Kier alpha value is -0.610. The summed E-state index contributed by atoms with van der Waals surface area (Å²) < 4.78 is 13.2. The van der Waals surface area contributed by atoms with Gasteiger partial charge >= 0.3 is 5.97 Å². The summed E-state index contributed by atoms with van der Waals surface area (Å²) in [7, 11) is 0. The quantitative estimate of drug-likeness (QED) is 0.200. The molecule has 248 valence electrons. The molecule has 5 fully saturated rings. The van der Waals surface area contributed by atoms with Crippen LogP contribution in [0.3, 0.4) is 0 Å². The van der Waals surface area contributed by atoms with Crippen LogP contribution in [-0.2, 0) is 14.3 Å². The zero-order valence-corrected chi connectivity index (χ0v) is 29.4. The van der Waals surface area contributed by atoms with Gasteiger partial charge in [0.2, 0.25) is 0 Å². The maximum atomic E-state index is 13.0. The predicted octanol–water partition coefficient (Wildman–Crippen LogP) is 10.0. The minimum atomic E-state index is -0.239. The molecule has 4 aliphatic carbocycles. The summed E-state index contributed by atoms with van der Waals surface area (Å²) in [5, 5.41) is 12.0. The van der Waals surface area contributed by atoms with Gasteiger partial charge in [0.15, 0.2) is 0 Å². The maximum Gasteiger partial charge on any atom is 0.306 e. The number of aliphatic hydroxyl groups excluding tert-OH is 1. The maximum absolute atomic E-state index is 13.0. The van der Waals surface area contributed by atoms with Crippen molar-refractivity contribution in [2.75, 3.05) is 0 Å². The highest BCUT2D eigenvalue weighted by atomic mass is 16.5. The van der Waals surface area contributed by atoms with E-state index in [2.05, 4.69) is 55.4 Å². The van der Waals surface area contributed by atoms with Gasteiger partial charge < -0.3 is 14.6 Å². The lowest BCUT2D eigenvalue weighted by Crippen LogP contribution is -2.64. The van der Waals surface area contributed by atoms with Crippen LogP contribution in [0.25, 0.3) is 0 Å². The van der Waals surface area contributed by atoms with Gasteiger partial charge in [-0.2, -0.15) is 0 Å². The fraction of sp³-hybridized carbons (Fsp3) is 0.974. The molecule has 0 radical (unpaired) electrons. The molecule has 1 heterocycles. The lowest BCUT2D eigenvalue weighted by Gasteiger charge is -2.68. The van der Waals surface area contributed by atoms with E-state index in [4.69, 9.17) is 9.47 Å². The van der Waals surface area contributed by atoms with Gasteiger partial charge in [-0.1, -0.05) is 73.1 Å². The van der Waals surface area contributed by atoms with Crippen LogP contribution >= 0.6 is 0 Å². The third-order valence-electron chi connectivity index (χ3n) is 14.5. The first-order valence-corrected chi connectivity index (χ1v) is 18.8. The van der Waals surface area contributed by atoms with Gasteiger partial charge in [0.1, 0.15) is 6.10 Å². The first-order valence-electron chi connectivity index (χ1n) is 18.8. The molecule has 5 rings (SSSR count). The molecule has 0 amide bonds. The number of ether oxygens (including phenoxy) is 2. The zero-order valence-electron chi connectivity index (χ0n) is 29.4. The first kappa shape index (κ1) is 33.7. The van der Waals surface area contributed by atoms with Crippen molar-refractivity contribution in [3.63, 3.8) is 0 Å². The van der Waals surface area contributed by atoms with Gasteiger partial charge in [-0.15, -0.1) is 0 Å². The summed E-state index contributed by atoms with van der Waals surface area (Å²) in [6.07, 6.45) is 20.3. The molecule has 10 atom stereocenters. The summed E-state index contributed by atoms with van der Waals surface area (Å²) in [4.78, 5) is 13.0. The summed E-state index contributed by atoms with van der Waals surface area (Å²) >= 11 is 0. The topological polar surface area (TPSA) is 55.8 Å². The normalized spacial score (nSPS) is 45.1. The minimum Gasteiger partial charge on any atom is -0.462 e. The number of hydrogen-bond donors (Lipinski definition) is 1. The second kappa shape index (κ2) is 12.5. The molecule has 0 aromatic heterocycles. The smallest absolute Gasteiger partial charge is 0.306 e. The second-order valence-electron chi connectivity index (χ2n) is 18.1. The molecule has 4 heteroatoms. The number of fused-ring (bicyclic) bond motifs is 5. The molecular weight excluding hydrogens is 532 g/mol. The Labute approximate surface area is 265 Å². The molecule has 1 aliphatic heterocycles. The Morgan fingerprint density at radius 2 is 1.42 bits per heavy atom. The van der Waals surface area contributed by atoms with Gasteiger partial charge in [0.05, 0.1) is 17.3 Å². The molecule has 0 aromatic carbocycles. The van der Waals surface area contributed by atoms with E-state index >= 15 is 0 Å². The molecule has 4 nitrogen and oxygen atoms in total. The van der Waals surface area contributed by atoms with Gasteiger partial charge in [0, 0.05) is 11.8 Å². The lowest BCUT2D eigenvalue weighted by molar-refractivity contribution is -0.238. The van der Waals surface area contributed by atoms with Crippen molar-refractivity contribution in [1.82, 2.24) is 0 Å². The fourth-order valence-electron chi connectivity index (χ4n) is 12.5. The number of carbonyl (C=O) groups excluding carboxylic acids is 1. The molecule has 0 bridgehead atoms. The molecule has 4 saturated carbocycles. The number of carbonyl (C=O) groups is 1. The fourth-order valence-corrected chi connectivity index (χ4v) is 12.5. The largest absolute Gasteiger partial charge is 0.462 e. The van der Waals surface area contributed by atoms with E-state index in [1.54, 1.807) is 0 Å². The van der Waals surface area contributed by atoms with Crippen molar-refractivity contribution >= 4 is 5.97 Å². The van der Waals surface area contributed by atoms with Crippen LogP contribution in [0.4, 0.5) is 0 Å². The van der Waals surface area contributed by atoms with E-state index < -0.39 is 0 Å². The Morgan fingerprint density at radius 3 is 2.12 bits per heavy atom. The summed E-state index contributed by atoms with van der Waals surface area (Å²) in [6.45, 7) is 19.1. The van der Waals surface area contributed by atoms with Crippen molar-refractivity contribution in [3.8, 4) is 0 Å². The van der Waals surface area contributed by atoms with Crippen molar-refractivity contribution in [1.29, 1.82) is 0 Å². The van der Waals surface area contributed by atoms with Crippen LogP contribution in [0.2, 0.25) is 0 Å².